The van der Waals surface area contributed by atoms with Gasteiger partial charge in [0.15, 0.2) is 12.1 Å². The Morgan fingerprint density at radius 3 is 1.48 bits per heavy atom. The number of allylic oxidation sites excluding steroid dienone is 2. The van der Waals surface area contributed by atoms with Gasteiger partial charge in [-0.2, -0.15) is 0 Å². The molecule has 33 heavy (non-hydrogen) atoms. The molecule has 0 aliphatic heterocycles. The quantitative estimate of drug-likeness (QED) is 0.145. The van der Waals surface area contributed by atoms with Crippen LogP contribution >= 0.6 is 0 Å². The van der Waals surface area contributed by atoms with Crippen molar-refractivity contribution >= 4 is 17.9 Å². The van der Waals surface area contributed by atoms with Crippen LogP contribution in [0.25, 0.3) is 0 Å². The van der Waals surface area contributed by atoms with Crippen LogP contribution in [0.5, 0.6) is 0 Å². The van der Waals surface area contributed by atoms with Crippen molar-refractivity contribution in [3.63, 3.8) is 0 Å². The number of unbranched alkanes of at least 4 members (excludes halogenated alkanes) is 8. The fourth-order valence-corrected chi connectivity index (χ4v) is 5.19. The number of quaternary nitrogens is 1. The second-order valence-electron chi connectivity index (χ2n) is 9.01. The first kappa shape index (κ1) is 31.1. The van der Waals surface area contributed by atoms with E-state index in [1.807, 2.05) is 0 Å². The van der Waals surface area contributed by atoms with Gasteiger partial charge in [-0.05, 0) is 38.5 Å². The SMILES string of the molecule is CCCCCC/C=C/CCCCCC[N+](C(CC)C(=O)[O-])(C(CC)C(=O)O)C(CC)C(=O)O. The summed E-state index contributed by atoms with van der Waals surface area (Å²) in [5.41, 5.74) is 0. The minimum Gasteiger partial charge on any atom is -0.544 e. The fourth-order valence-electron chi connectivity index (χ4n) is 5.19. The molecule has 0 rings (SSSR count). The lowest BCUT2D eigenvalue weighted by Crippen LogP contribution is -2.73. The summed E-state index contributed by atoms with van der Waals surface area (Å²) in [5.74, 6) is -3.68. The fraction of sp³-hybridized carbons (Fsp3) is 0.808. The predicted octanol–water partition coefficient (Wildman–Crippen LogP) is 4.54. The van der Waals surface area contributed by atoms with Crippen molar-refractivity contribution in [2.24, 2.45) is 0 Å². The number of nitrogens with zero attached hydrogens (tertiary/aromatic N) is 1. The van der Waals surface area contributed by atoms with Crippen molar-refractivity contribution in [2.45, 2.75) is 129 Å². The zero-order valence-corrected chi connectivity index (χ0v) is 21.3. The molecule has 0 aliphatic carbocycles. The van der Waals surface area contributed by atoms with E-state index in [1.165, 1.54) is 25.7 Å². The first-order valence-corrected chi connectivity index (χ1v) is 12.9. The number of aliphatic carboxylic acids is 3. The Morgan fingerprint density at radius 2 is 1.12 bits per heavy atom. The van der Waals surface area contributed by atoms with Crippen LogP contribution in [0.2, 0.25) is 0 Å². The maximum Gasteiger partial charge on any atom is 0.362 e. The highest BCUT2D eigenvalue weighted by molar-refractivity contribution is 5.77. The summed E-state index contributed by atoms with van der Waals surface area (Å²) < 4.78 is -0.478. The molecule has 0 spiro atoms. The highest BCUT2D eigenvalue weighted by atomic mass is 16.4. The Labute approximate surface area is 200 Å². The third kappa shape index (κ3) is 9.86. The van der Waals surface area contributed by atoms with Gasteiger partial charge >= 0.3 is 11.9 Å². The molecule has 192 valence electrons. The van der Waals surface area contributed by atoms with Crippen molar-refractivity contribution < 1.29 is 34.2 Å². The molecular weight excluding hydrogens is 422 g/mol. The van der Waals surface area contributed by atoms with Crippen LogP contribution in [0, 0.1) is 0 Å². The molecule has 0 aromatic heterocycles. The molecule has 3 atom stereocenters. The lowest BCUT2D eigenvalue weighted by Gasteiger charge is -2.51. The van der Waals surface area contributed by atoms with E-state index in [2.05, 4.69) is 19.1 Å². The monoisotopic (exact) mass is 469 g/mol. The van der Waals surface area contributed by atoms with Gasteiger partial charge in [0.1, 0.15) is 6.04 Å². The maximum absolute atomic E-state index is 12.2. The van der Waals surface area contributed by atoms with Gasteiger partial charge in [0, 0.05) is 19.3 Å². The molecule has 0 bridgehead atoms. The van der Waals surface area contributed by atoms with Crippen molar-refractivity contribution in [3.05, 3.63) is 12.2 Å². The summed E-state index contributed by atoms with van der Waals surface area (Å²) in [5, 5.41) is 31.9. The van der Waals surface area contributed by atoms with Crippen LogP contribution in [0.15, 0.2) is 12.2 Å². The molecule has 0 saturated heterocycles. The second-order valence-corrected chi connectivity index (χ2v) is 9.01. The Kier molecular flexibility index (Phi) is 16.6. The van der Waals surface area contributed by atoms with Crippen LogP contribution < -0.4 is 5.11 Å². The molecule has 7 heteroatoms. The highest BCUT2D eigenvalue weighted by Crippen LogP contribution is 2.32. The van der Waals surface area contributed by atoms with Crippen molar-refractivity contribution in [1.82, 2.24) is 0 Å². The number of hydrogen-bond donors (Lipinski definition) is 2. The smallest absolute Gasteiger partial charge is 0.362 e. The number of carbonyl (C=O) groups is 3. The van der Waals surface area contributed by atoms with Crippen molar-refractivity contribution in [3.8, 4) is 0 Å². The molecule has 0 aliphatic rings. The summed E-state index contributed by atoms with van der Waals surface area (Å²) in [4.78, 5) is 36.4. The third-order valence-corrected chi connectivity index (χ3v) is 6.80. The van der Waals surface area contributed by atoms with Crippen molar-refractivity contribution in [2.75, 3.05) is 6.54 Å². The largest absolute Gasteiger partial charge is 0.544 e. The summed E-state index contributed by atoms with van der Waals surface area (Å²) in [6, 6.07) is -3.39. The Balaban J connectivity index is 5.25. The van der Waals surface area contributed by atoms with Crippen molar-refractivity contribution in [1.29, 1.82) is 0 Å². The van der Waals surface area contributed by atoms with Gasteiger partial charge in [-0.3, -0.25) is 4.48 Å². The number of carbonyl (C=O) groups excluding carboxylic acids is 1. The number of carboxylic acid groups (broad SMARTS) is 3. The molecule has 0 saturated carbocycles. The molecule has 0 fully saturated rings. The van der Waals surface area contributed by atoms with Crippen LogP contribution in [-0.4, -0.2) is 57.3 Å². The van der Waals surface area contributed by atoms with E-state index in [-0.39, 0.29) is 25.8 Å². The number of rotatable bonds is 21. The Bertz CT molecular complexity index is 549. The molecule has 3 unspecified atom stereocenters. The topological polar surface area (TPSA) is 115 Å². The zero-order chi connectivity index (χ0) is 25.3. The van der Waals surface area contributed by atoms with Gasteiger partial charge in [0.25, 0.3) is 0 Å². The summed E-state index contributed by atoms with van der Waals surface area (Å²) >= 11 is 0. The molecule has 0 aromatic carbocycles. The number of hydrogen-bond acceptors (Lipinski definition) is 4. The number of carboxylic acids is 3. The van der Waals surface area contributed by atoms with E-state index in [0.717, 1.165) is 32.1 Å². The molecule has 0 heterocycles. The van der Waals surface area contributed by atoms with E-state index in [4.69, 9.17) is 0 Å². The van der Waals surface area contributed by atoms with Gasteiger partial charge < -0.3 is 20.1 Å². The predicted molar refractivity (Wildman–Crippen MR) is 129 cm³/mol. The third-order valence-electron chi connectivity index (χ3n) is 6.80. The molecular formula is C26H47NO6. The Morgan fingerprint density at radius 1 is 0.697 bits per heavy atom. The standard InChI is InChI=1S/C26H47NO6/c1-5-9-10-11-12-13-14-15-16-17-18-19-20-27(21(6-2)24(28)29,22(7-3)25(30)31)23(8-4)26(32)33/h13-14,21-23H,5-12,15-20H2,1-4H3,(H2-,28,29,30,31,32,33)/b14-13+. The van der Waals surface area contributed by atoms with Gasteiger partial charge in [-0.25, -0.2) is 9.59 Å². The summed E-state index contributed by atoms with van der Waals surface area (Å²) in [6.45, 7) is 7.42. The zero-order valence-electron chi connectivity index (χ0n) is 21.3. The van der Waals surface area contributed by atoms with Gasteiger partial charge in [-0.1, -0.05) is 65.5 Å². The lowest BCUT2D eigenvalue weighted by molar-refractivity contribution is -0.974. The van der Waals surface area contributed by atoms with E-state index < -0.39 is 40.5 Å². The van der Waals surface area contributed by atoms with E-state index in [9.17, 15) is 29.7 Å². The van der Waals surface area contributed by atoms with Gasteiger partial charge in [0.05, 0.1) is 12.5 Å². The normalized spacial score (nSPS) is 16.2. The average Bonchev–Trinajstić information content (AvgIpc) is 2.75. The van der Waals surface area contributed by atoms with Crippen LogP contribution in [0.4, 0.5) is 0 Å². The Hall–Kier alpha value is -1.89. The van der Waals surface area contributed by atoms with E-state index in [1.54, 1.807) is 20.8 Å². The maximum atomic E-state index is 12.2. The van der Waals surface area contributed by atoms with E-state index in [0.29, 0.717) is 6.42 Å². The van der Waals surface area contributed by atoms with Gasteiger partial charge in [-0.15, -0.1) is 0 Å². The molecule has 0 amide bonds. The minimum atomic E-state index is -1.37. The minimum absolute atomic E-state index is 0.124. The molecule has 0 radical (unpaired) electrons. The first-order valence-electron chi connectivity index (χ1n) is 12.9. The van der Waals surface area contributed by atoms with Crippen LogP contribution in [-0.2, 0) is 14.4 Å². The molecule has 7 nitrogen and oxygen atoms in total. The molecule has 2 N–H and O–H groups in total. The van der Waals surface area contributed by atoms with Crippen LogP contribution in [0.3, 0.4) is 0 Å². The average molecular weight is 470 g/mol. The summed E-state index contributed by atoms with van der Waals surface area (Å²) in [7, 11) is 0. The lowest BCUT2D eigenvalue weighted by atomic mass is 9.94. The summed E-state index contributed by atoms with van der Waals surface area (Å²) in [6.07, 6.45) is 15.4. The second kappa shape index (κ2) is 17.6. The van der Waals surface area contributed by atoms with Gasteiger partial charge in [0.2, 0.25) is 0 Å². The van der Waals surface area contributed by atoms with E-state index >= 15 is 0 Å². The van der Waals surface area contributed by atoms with Crippen LogP contribution in [0.1, 0.15) is 111 Å². The highest BCUT2D eigenvalue weighted by Gasteiger charge is 2.53. The first-order chi connectivity index (χ1) is 15.7. The molecule has 0 aromatic rings.